The number of para-hydroxylation sites is 1. The van der Waals surface area contributed by atoms with Crippen LogP contribution in [0.2, 0.25) is 0 Å². The predicted octanol–water partition coefficient (Wildman–Crippen LogP) is 6.91. The molecule has 2 aromatic carbocycles. The molecule has 1 heterocycles. The van der Waals surface area contributed by atoms with Crippen LogP contribution in [0.25, 0.3) is 11.0 Å². The van der Waals surface area contributed by atoms with Crippen LogP contribution in [-0.4, -0.2) is 22.3 Å². The number of nitrogens with zero attached hydrogens (tertiary/aromatic N) is 2. The Bertz CT molecular complexity index is 1030. The molecule has 1 aliphatic rings. The van der Waals surface area contributed by atoms with Crippen LogP contribution in [0.1, 0.15) is 87.4 Å². The summed E-state index contributed by atoms with van der Waals surface area (Å²) >= 11 is 0. The highest BCUT2D eigenvalue weighted by atomic mass is 16.5. The lowest BCUT2D eigenvalue weighted by Crippen LogP contribution is -2.27. The number of rotatable bonds is 9. The summed E-state index contributed by atoms with van der Waals surface area (Å²) in [6.07, 6.45) is 11.0. The summed E-state index contributed by atoms with van der Waals surface area (Å²) in [4.78, 5) is 16.8. The van der Waals surface area contributed by atoms with Crippen LogP contribution in [0.15, 0.2) is 48.8 Å². The average molecular weight is 448 g/mol. The van der Waals surface area contributed by atoms with Crippen LogP contribution in [0.3, 0.4) is 0 Å². The second-order valence-electron chi connectivity index (χ2n) is 9.29. The summed E-state index contributed by atoms with van der Waals surface area (Å²) in [6, 6.07) is 15.0. The molecular weight excluding hydrogens is 410 g/mol. The lowest BCUT2D eigenvalue weighted by molar-refractivity contribution is 0.140. The first kappa shape index (κ1) is 23.3. The number of nitrogens with one attached hydrogen (secondary N) is 1. The molecule has 1 aliphatic carbocycles. The van der Waals surface area contributed by atoms with Crippen LogP contribution >= 0.6 is 0 Å². The molecule has 0 spiro atoms. The molecule has 1 amide bonds. The van der Waals surface area contributed by atoms with Gasteiger partial charge in [0.15, 0.2) is 0 Å². The molecule has 1 fully saturated rings. The molecule has 1 atom stereocenters. The third kappa shape index (κ3) is 5.95. The van der Waals surface area contributed by atoms with E-state index in [1.807, 2.05) is 13.3 Å². The summed E-state index contributed by atoms with van der Waals surface area (Å²) in [7, 11) is 0. The number of amides is 1. The number of aromatic nitrogens is 2. The standard InChI is InChI=1S/C28H37N3O2/c1-3-22-12-9-13-26-27(22)29-20-31(26)18-7-8-19-33-28(32)30-21(2)23-14-16-25(17-15-23)24-10-5-4-6-11-24/h9,12-17,20-21,24H,3-8,10-11,18-19H2,1-2H3,(H,30,32). The summed E-state index contributed by atoms with van der Waals surface area (Å²) in [5.74, 6) is 0.704. The number of ether oxygens (including phenoxy) is 1. The van der Waals surface area contributed by atoms with E-state index in [2.05, 4.69) is 64.3 Å². The van der Waals surface area contributed by atoms with E-state index in [0.29, 0.717) is 12.5 Å². The monoisotopic (exact) mass is 447 g/mol. The van der Waals surface area contributed by atoms with Crippen molar-refractivity contribution < 1.29 is 9.53 Å². The van der Waals surface area contributed by atoms with E-state index >= 15 is 0 Å². The Morgan fingerprint density at radius 3 is 2.67 bits per heavy atom. The number of benzene rings is 2. The van der Waals surface area contributed by atoms with Crippen LogP contribution < -0.4 is 5.32 Å². The number of hydrogen-bond acceptors (Lipinski definition) is 3. The first-order chi connectivity index (χ1) is 16.2. The third-order valence-electron chi connectivity index (χ3n) is 6.99. The van der Waals surface area contributed by atoms with Gasteiger partial charge >= 0.3 is 6.09 Å². The van der Waals surface area contributed by atoms with Gasteiger partial charge in [-0.25, -0.2) is 9.78 Å². The first-order valence-corrected chi connectivity index (χ1v) is 12.6. The van der Waals surface area contributed by atoms with Gasteiger partial charge in [-0.15, -0.1) is 0 Å². The molecule has 1 aromatic heterocycles. The molecule has 1 unspecified atom stereocenters. The van der Waals surface area contributed by atoms with Crippen molar-refractivity contribution in [2.75, 3.05) is 6.61 Å². The summed E-state index contributed by atoms with van der Waals surface area (Å²) < 4.78 is 7.61. The summed E-state index contributed by atoms with van der Waals surface area (Å²) in [5, 5.41) is 2.96. The number of imidazole rings is 1. The molecule has 33 heavy (non-hydrogen) atoms. The Morgan fingerprint density at radius 2 is 1.91 bits per heavy atom. The predicted molar refractivity (Wildman–Crippen MR) is 134 cm³/mol. The quantitative estimate of drug-likeness (QED) is 0.362. The number of alkyl carbamates (subject to hydrolysis) is 1. The van der Waals surface area contributed by atoms with Crippen molar-refractivity contribution in [3.8, 4) is 0 Å². The minimum Gasteiger partial charge on any atom is -0.450 e. The van der Waals surface area contributed by atoms with Gasteiger partial charge in [0.05, 0.1) is 30.0 Å². The summed E-state index contributed by atoms with van der Waals surface area (Å²) in [5.41, 5.74) is 6.10. The Morgan fingerprint density at radius 1 is 1.12 bits per heavy atom. The topological polar surface area (TPSA) is 56.2 Å². The number of carbonyl (C=O) groups is 1. The van der Waals surface area contributed by atoms with Crippen LogP contribution in [0, 0.1) is 0 Å². The van der Waals surface area contributed by atoms with Crippen LogP contribution in [-0.2, 0) is 17.7 Å². The highest BCUT2D eigenvalue weighted by Gasteiger charge is 2.16. The molecule has 1 saturated carbocycles. The van der Waals surface area contributed by atoms with Crippen molar-refractivity contribution in [1.29, 1.82) is 0 Å². The van der Waals surface area contributed by atoms with Gasteiger partial charge in [-0.05, 0) is 67.7 Å². The molecule has 176 valence electrons. The maximum Gasteiger partial charge on any atom is 0.407 e. The second kappa shape index (κ2) is 11.4. The van der Waals surface area contributed by atoms with Gasteiger partial charge in [0.25, 0.3) is 0 Å². The molecule has 0 aliphatic heterocycles. The van der Waals surface area contributed by atoms with Gasteiger partial charge in [0, 0.05) is 6.54 Å². The van der Waals surface area contributed by atoms with Crippen molar-refractivity contribution >= 4 is 17.1 Å². The number of carbonyl (C=O) groups excluding carboxylic acids is 1. The summed E-state index contributed by atoms with van der Waals surface area (Å²) in [6.45, 7) is 5.46. The van der Waals surface area contributed by atoms with E-state index in [1.165, 1.54) is 48.7 Å². The SMILES string of the molecule is CCc1cccc2c1ncn2CCCCOC(=O)NC(C)c1ccc(C2CCCCC2)cc1. The maximum absolute atomic E-state index is 12.2. The Balaban J connectivity index is 1.17. The second-order valence-corrected chi connectivity index (χ2v) is 9.29. The minimum absolute atomic E-state index is 0.0667. The smallest absolute Gasteiger partial charge is 0.407 e. The molecule has 1 N–H and O–H groups in total. The van der Waals surface area contributed by atoms with E-state index in [1.54, 1.807) is 0 Å². The van der Waals surface area contributed by atoms with Gasteiger partial charge in [-0.1, -0.05) is 62.6 Å². The van der Waals surface area contributed by atoms with Gasteiger partial charge in [0.2, 0.25) is 0 Å². The number of aryl methyl sites for hydroxylation is 2. The van der Waals surface area contributed by atoms with Gasteiger partial charge < -0.3 is 14.6 Å². The number of unbranched alkanes of at least 4 members (excludes halogenated alkanes) is 1. The molecule has 0 radical (unpaired) electrons. The van der Waals surface area contributed by atoms with Crippen molar-refractivity contribution in [2.45, 2.75) is 83.7 Å². The van der Waals surface area contributed by atoms with Gasteiger partial charge in [-0.2, -0.15) is 0 Å². The van der Waals surface area contributed by atoms with Crippen molar-refractivity contribution in [3.63, 3.8) is 0 Å². The lowest BCUT2D eigenvalue weighted by atomic mass is 9.84. The first-order valence-electron chi connectivity index (χ1n) is 12.6. The van der Waals surface area contributed by atoms with Crippen molar-refractivity contribution in [1.82, 2.24) is 14.9 Å². The Hall–Kier alpha value is -2.82. The van der Waals surface area contributed by atoms with E-state index in [0.717, 1.165) is 36.9 Å². The van der Waals surface area contributed by atoms with Crippen LogP contribution in [0.5, 0.6) is 0 Å². The lowest BCUT2D eigenvalue weighted by Gasteiger charge is -2.22. The fourth-order valence-corrected chi connectivity index (χ4v) is 4.96. The molecule has 3 aromatic rings. The molecule has 5 heteroatoms. The zero-order valence-electron chi connectivity index (χ0n) is 20.1. The highest BCUT2D eigenvalue weighted by molar-refractivity contribution is 5.79. The fraction of sp³-hybridized carbons (Fsp3) is 0.500. The number of hydrogen-bond donors (Lipinski definition) is 1. The zero-order chi connectivity index (χ0) is 23.0. The van der Waals surface area contributed by atoms with E-state index in [4.69, 9.17) is 4.74 Å². The Kier molecular flexibility index (Phi) is 8.03. The van der Waals surface area contributed by atoms with Gasteiger partial charge in [-0.3, -0.25) is 0 Å². The van der Waals surface area contributed by atoms with Crippen LogP contribution in [0.4, 0.5) is 4.79 Å². The van der Waals surface area contributed by atoms with Gasteiger partial charge in [0.1, 0.15) is 0 Å². The van der Waals surface area contributed by atoms with E-state index < -0.39 is 0 Å². The zero-order valence-corrected chi connectivity index (χ0v) is 20.1. The van der Waals surface area contributed by atoms with E-state index in [9.17, 15) is 4.79 Å². The fourth-order valence-electron chi connectivity index (χ4n) is 4.96. The van der Waals surface area contributed by atoms with Crippen molar-refractivity contribution in [2.24, 2.45) is 0 Å². The maximum atomic E-state index is 12.2. The third-order valence-corrected chi connectivity index (χ3v) is 6.99. The normalized spacial score (nSPS) is 15.5. The minimum atomic E-state index is -0.348. The highest BCUT2D eigenvalue weighted by Crippen LogP contribution is 2.33. The largest absolute Gasteiger partial charge is 0.450 e. The molecular formula is C28H37N3O2. The van der Waals surface area contributed by atoms with Crippen molar-refractivity contribution in [3.05, 3.63) is 65.5 Å². The molecule has 4 rings (SSSR count). The number of fused-ring (bicyclic) bond motifs is 1. The molecule has 0 saturated heterocycles. The molecule has 0 bridgehead atoms. The molecule has 5 nitrogen and oxygen atoms in total. The van der Waals surface area contributed by atoms with E-state index in [-0.39, 0.29) is 12.1 Å². The Labute approximate surface area is 197 Å². The average Bonchev–Trinajstić information content (AvgIpc) is 3.27.